The van der Waals surface area contributed by atoms with Crippen LogP contribution in [0.1, 0.15) is 31.0 Å². The molecule has 0 bridgehead atoms. The van der Waals surface area contributed by atoms with Crippen molar-refractivity contribution in [3.63, 3.8) is 0 Å². The summed E-state index contributed by atoms with van der Waals surface area (Å²) >= 11 is 0. The highest BCUT2D eigenvalue weighted by Gasteiger charge is 2.31. The minimum absolute atomic E-state index is 0.0336. The van der Waals surface area contributed by atoms with Crippen molar-refractivity contribution in [3.8, 4) is 0 Å². The van der Waals surface area contributed by atoms with Crippen LogP contribution in [0.5, 0.6) is 0 Å². The third-order valence-corrected chi connectivity index (χ3v) is 3.10. The van der Waals surface area contributed by atoms with Crippen molar-refractivity contribution in [2.24, 2.45) is 0 Å². The third kappa shape index (κ3) is 3.13. The van der Waals surface area contributed by atoms with E-state index in [0.29, 0.717) is 13.1 Å². The lowest BCUT2D eigenvalue weighted by Crippen LogP contribution is -2.52. The second kappa shape index (κ2) is 6.36. The summed E-state index contributed by atoms with van der Waals surface area (Å²) in [5, 5.41) is 0. The Kier molecular flexibility index (Phi) is 5.10. The molecule has 1 fully saturated rings. The van der Waals surface area contributed by atoms with Gasteiger partial charge in [-0.15, -0.1) is 0 Å². The molecule has 0 unspecified atom stereocenters. The largest absolute Gasteiger partial charge is 0.335 e. The van der Waals surface area contributed by atoms with Crippen molar-refractivity contribution in [1.29, 1.82) is 0 Å². The normalized spacial score (nSPS) is 14.2. The van der Waals surface area contributed by atoms with E-state index in [1.54, 1.807) is 9.47 Å². The van der Waals surface area contributed by atoms with E-state index in [2.05, 4.69) is 6.58 Å². The first-order valence-electron chi connectivity index (χ1n) is 6.63. The molecule has 4 nitrogen and oxygen atoms in total. The number of carbonyl (C=O) groups is 1. The highest BCUT2D eigenvalue weighted by Crippen LogP contribution is 2.20. The molecule has 1 aromatic heterocycles. The minimum atomic E-state index is -0.0707. The van der Waals surface area contributed by atoms with E-state index in [1.807, 2.05) is 40.0 Å². The van der Waals surface area contributed by atoms with Gasteiger partial charge in [-0.05, 0) is 31.6 Å². The van der Waals surface area contributed by atoms with Crippen molar-refractivity contribution in [3.05, 3.63) is 46.4 Å². The van der Waals surface area contributed by atoms with Gasteiger partial charge in [0.15, 0.2) is 0 Å². The van der Waals surface area contributed by atoms with E-state index in [1.165, 1.54) is 6.08 Å². The van der Waals surface area contributed by atoms with E-state index in [4.69, 9.17) is 0 Å². The second-order valence-electron chi connectivity index (χ2n) is 4.51. The zero-order chi connectivity index (χ0) is 14.6. The van der Waals surface area contributed by atoms with Gasteiger partial charge in [0.1, 0.15) is 0 Å². The number of amides is 1. The van der Waals surface area contributed by atoms with Gasteiger partial charge in [0.2, 0.25) is 5.91 Å². The Morgan fingerprint density at radius 3 is 2.47 bits per heavy atom. The predicted octanol–water partition coefficient (Wildman–Crippen LogP) is 2.06. The Labute approximate surface area is 114 Å². The van der Waals surface area contributed by atoms with E-state index in [-0.39, 0.29) is 17.5 Å². The smallest absolute Gasteiger partial charge is 0.253 e. The Balaban J connectivity index is 0.000000861. The number of nitrogens with zero attached hydrogens (tertiary/aromatic N) is 2. The van der Waals surface area contributed by atoms with Crippen LogP contribution in [-0.2, 0) is 4.79 Å². The first-order valence-corrected chi connectivity index (χ1v) is 6.63. The van der Waals surface area contributed by atoms with Gasteiger partial charge in [-0.3, -0.25) is 9.59 Å². The van der Waals surface area contributed by atoms with Crippen LogP contribution in [0.2, 0.25) is 0 Å². The fourth-order valence-corrected chi connectivity index (χ4v) is 2.13. The summed E-state index contributed by atoms with van der Waals surface area (Å²) < 4.78 is 1.73. The van der Waals surface area contributed by atoms with Gasteiger partial charge in [0.25, 0.3) is 5.56 Å². The highest BCUT2D eigenvalue weighted by atomic mass is 16.2. The number of hydrogen-bond acceptors (Lipinski definition) is 2. The summed E-state index contributed by atoms with van der Waals surface area (Å²) in [6, 6.07) is 1.98. The van der Waals surface area contributed by atoms with Crippen LogP contribution in [0.25, 0.3) is 0 Å². The monoisotopic (exact) mass is 262 g/mol. The quantitative estimate of drug-likeness (QED) is 0.766. The molecule has 4 heteroatoms. The Hall–Kier alpha value is -1.84. The molecule has 19 heavy (non-hydrogen) atoms. The summed E-state index contributed by atoms with van der Waals surface area (Å²) in [5.41, 5.74) is 1.85. The third-order valence-electron chi connectivity index (χ3n) is 3.10. The van der Waals surface area contributed by atoms with Gasteiger partial charge < -0.3 is 9.47 Å². The standard InChI is InChI=1S/C13H16N2O2.C2H6/c1-4-12(16)14-7-11(8-14)15-6-9(2)5-10(3)13(15)17;1-2/h4-6,11H,1,7-8H2,2-3H3;1-2H3. The predicted molar refractivity (Wildman–Crippen MR) is 77.3 cm³/mol. The summed E-state index contributed by atoms with van der Waals surface area (Å²) in [5.74, 6) is -0.0707. The van der Waals surface area contributed by atoms with E-state index < -0.39 is 0 Å². The van der Waals surface area contributed by atoms with Crippen LogP contribution in [-0.4, -0.2) is 28.5 Å². The first-order chi connectivity index (χ1) is 9.02. The zero-order valence-corrected chi connectivity index (χ0v) is 12.1. The number of aromatic nitrogens is 1. The molecule has 0 atom stereocenters. The fraction of sp³-hybridized carbons (Fsp3) is 0.467. The molecule has 1 amide bonds. The molecule has 0 saturated carbocycles. The molecular weight excluding hydrogens is 240 g/mol. The van der Waals surface area contributed by atoms with Crippen LogP contribution in [0.4, 0.5) is 0 Å². The zero-order valence-electron chi connectivity index (χ0n) is 12.1. The molecule has 1 aromatic rings. The van der Waals surface area contributed by atoms with Crippen LogP contribution in [0.3, 0.4) is 0 Å². The molecular formula is C15H22N2O2. The van der Waals surface area contributed by atoms with Gasteiger partial charge in [-0.1, -0.05) is 20.4 Å². The molecule has 0 N–H and O–H groups in total. The molecule has 1 saturated heterocycles. The van der Waals surface area contributed by atoms with Crippen LogP contribution in [0, 0.1) is 13.8 Å². The Morgan fingerprint density at radius 2 is 1.95 bits per heavy atom. The average molecular weight is 262 g/mol. The van der Waals surface area contributed by atoms with Crippen LogP contribution < -0.4 is 5.56 Å². The summed E-state index contributed by atoms with van der Waals surface area (Å²) in [7, 11) is 0. The van der Waals surface area contributed by atoms with Gasteiger partial charge >= 0.3 is 0 Å². The average Bonchev–Trinajstić information content (AvgIpc) is 2.35. The van der Waals surface area contributed by atoms with Crippen molar-refractivity contribution in [2.45, 2.75) is 33.7 Å². The first kappa shape index (κ1) is 15.2. The molecule has 2 heterocycles. The van der Waals surface area contributed by atoms with Gasteiger partial charge in [0, 0.05) is 24.8 Å². The van der Waals surface area contributed by atoms with Crippen LogP contribution >= 0.6 is 0 Å². The lowest BCUT2D eigenvalue weighted by Gasteiger charge is -2.39. The Morgan fingerprint density at radius 1 is 1.37 bits per heavy atom. The molecule has 0 aromatic carbocycles. The maximum absolute atomic E-state index is 11.9. The molecule has 104 valence electrons. The van der Waals surface area contributed by atoms with E-state index >= 15 is 0 Å². The summed E-state index contributed by atoms with van der Waals surface area (Å²) in [4.78, 5) is 24.9. The minimum Gasteiger partial charge on any atom is -0.335 e. The van der Waals surface area contributed by atoms with E-state index in [9.17, 15) is 9.59 Å². The number of carbonyl (C=O) groups excluding carboxylic acids is 1. The van der Waals surface area contributed by atoms with Gasteiger partial charge in [-0.25, -0.2) is 0 Å². The number of likely N-dealkylation sites (tertiary alicyclic amines) is 1. The number of aryl methyl sites for hydroxylation is 2. The number of rotatable bonds is 2. The van der Waals surface area contributed by atoms with Crippen LogP contribution in [0.15, 0.2) is 29.7 Å². The molecule has 2 rings (SSSR count). The highest BCUT2D eigenvalue weighted by molar-refractivity contribution is 5.87. The summed E-state index contributed by atoms with van der Waals surface area (Å²) in [6.07, 6.45) is 3.16. The molecule has 1 aliphatic heterocycles. The molecule has 0 spiro atoms. The Bertz CT molecular complexity index is 525. The van der Waals surface area contributed by atoms with Crippen molar-refractivity contribution in [1.82, 2.24) is 9.47 Å². The van der Waals surface area contributed by atoms with Gasteiger partial charge in [0.05, 0.1) is 6.04 Å². The SMILES string of the molecule is C=CC(=O)N1CC(n2cc(C)cc(C)c2=O)C1.CC. The van der Waals surface area contributed by atoms with Crippen molar-refractivity contribution < 1.29 is 4.79 Å². The lowest BCUT2D eigenvalue weighted by atomic mass is 10.1. The second-order valence-corrected chi connectivity index (χ2v) is 4.51. The van der Waals surface area contributed by atoms with Crippen molar-refractivity contribution in [2.75, 3.05) is 13.1 Å². The lowest BCUT2D eigenvalue weighted by molar-refractivity contribution is -0.131. The maximum Gasteiger partial charge on any atom is 0.253 e. The number of hydrogen-bond donors (Lipinski definition) is 0. The van der Waals surface area contributed by atoms with Crippen molar-refractivity contribution >= 4 is 5.91 Å². The maximum atomic E-state index is 11.9. The molecule has 1 aliphatic rings. The topological polar surface area (TPSA) is 42.3 Å². The molecule has 0 aliphatic carbocycles. The summed E-state index contributed by atoms with van der Waals surface area (Å²) in [6.45, 7) is 12.4. The molecule has 0 radical (unpaired) electrons. The number of pyridine rings is 1. The van der Waals surface area contributed by atoms with E-state index in [0.717, 1.165) is 11.1 Å². The fourth-order valence-electron chi connectivity index (χ4n) is 2.13. The van der Waals surface area contributed by atoms with Gasteiger partial charge in [-0.2, -0.15) is 0 Å².